The van der Waals surface area contributed by atoms with Crippen molar-refractivity contribution >= 4 is 28.3 Å². The summed E-state index contributed by atoms with van der Waals surface area (Å²) < 4.78 is 43.2. The van der Waals surface area contributed by atoms with Crippen LogP contribution in [0.4, 0.5) is 13.2 Å². The molecule has 2 rings (SSSR count). The predicted octanol–water partition coefficient (Wildman–Crippen LogP) is 4.91. The lowest BCUT2D eigenvalue weighted by atomic mass is 9.98. The highest BCUT2D eigenvalue weighted by molar-refractivity contribution is 9.10. The molecule has 1 saturated heterocycles. The van der Waals surface area contributed by atoms with E-state index in [1.165, 1.54) is 6.07 Å². The average Bonchev–Trinajstić information content (AvgIpc) is 2.50. The third-order valence-corrected chi connectivity index (χ3v) is 4.47. The number of nitrogens with one attached hydrogen (secondary N) is 1. The van der Waals surface area contributed by atoms with Gasteiger partial charge in [0.2, 0.25) is 0 Å². The Balaban J connectivity index is 0.00000288. The number of rotatable bonds is 6. The molecule has 24 heavy (non-hydrogen) atoms. The van der Waals surface area contributed by atoms with E-state index < -0.39 is 6.36 Å². The normalized spacial score (nSPS) is 17.2. The minimum atomic E-state index is -4.68. The van der Waals surface area contributed by atoms with Gasteiger partial charge in [-0.3, -0.25) is 4.90 Å². The highest BCUT2D eigenvalue weighted by Gasteiger charge is 2.34. The van der Waals surface area contributed by atoms with E-state index in [1.807, 2.05) is 0 Å². The molecule has 1 aliphatic rings. The zero-order chi connectivity index (χ0) is 16.9. The number of benzene rings is 1. The van der Waals surface area contributed by atoms with Crippen molar-refractivity contribution in [2.45, 2.75) is 38.6 Å². The molecule has 0 bridgehead atoms. The monoisotopic (exact) mass is 430 g/mol. The molecule has 0 spiro atoms. The molecule has 0 amide bonds. The zero-order valence-electron chi connectivity index (χ0n) is 13.5. The molecule has 1 fully saturated rings. The summed E-state index contributed by atoms with van der Waals surface area (Å²) in [5.74, 6) is -0.0969. The molecule has 1 aromatic rings. The largest absolute Gasteiger partial charge is 0.573 e. The SMILES string of the molecule is CCCC[C@H](c1cc(Br)ccc1OC(F)(F)F)N1CCNCC1.Cl. The Morgan fingerprint density at radius 3 is 2.54 bits per heavy atom. The van der Waals surface area contributed by atoms with Crippen LogP contribution in [0.3, 0.4) is 0 Å². The topological polar surface area (TPSA) is 24.5 Å². The van der Waals surface area contributed by atoms with Crippen LogP contribution in [0.15, 0.2) is 22.7 Å². The number of hydrogen-bond donors (Lipinski definition) is 1. The van der Waals surface area contributed by atoms with Crippen molar-refractivity contribution in [1.82, 2.24) is 10.2 Å². The lowest BCUT2D eigenvalue weighted by Crippen LogP contribution is -2.45. The van der Waals surface area contributed by atoms with Crippen molar-refractivity contribution in [3.8, 4) is 5.75 Å². The van der Waals surface area contributed by atoms with Crippen molar-refractivity contribution in [1.29, 1.82) is 0 Å². The van der Waals surface area contributed by atoms with E-state index in [2.05, 4.69) is 37.8 Å². The Kier molecular flexibility index (Phi) is 8.84. The second kappa shape index (κ2) is 9.85. The van der Waals surface area contributed by atoms with Crippen molar-refractivity contribution in [2.24, 2.45) is 0 Å². The van der Waals surface area contributed by atoms with E-state index in [1.54, 1.807) is 12.1 Å². The van der Waals surface area contributed by atoms with Gasteiger partial charge in [-0.25, -0.2) is 0 Å². The summed E-state index contributed by atoms with van der Waals surface area (Å²) in [5.41, 5.74) is 0.604. The fourth-order valence-corrected chi connectivity index (χ4v) is 3.30. The van der Waals surface area contributed by atoms with E-state index in [9.17, 15) is 13.2 Å². The van der Waals surface area contributed by atoms with Crippen LogP contribution in [0, 0.1) is 0 Å². The summed E-state index contributed by atoms with van der Waals surface area (Å²) in [5, 5.41) is 3.28. The molecule has 1 aromatic carbocycles. The number of piperazine rings is 1. The van der Waals surface area contributed by atoms with Gasteiger partial charge in [0.25, 0.3) is 0 Å². The predicted molar refractivity (Wildman–Crippen MR) is 94.8 cm³/mol. The smallest absolute Gasteiger partial charge is 0.405 e. The molecule has 1 aliphatic heterocycles. The Morgan fingerprint density at radius 1 is 1.29 bits per heavy atom. The molecule has 0 aromatic heterocycles. The number of unbranched alkanes of at least 4 members (excludes halogenated alkanes) is 1. The summed E-state index contributed by atoms with van der Waals surface area (Å²) in [6.45, 7) is 5.44. The third kappa shape index (κ3) is 6.43. The van der Waals surface area contributed by atoms with Gasteiger partial charge in [-0.1, -0.05) is 35.7 Å². The van der Waals surface area contributed by atoms with Crippen LogP contribution in [-0.2, 0) is 0 Å². The van der Waals surface area contributed by atoms with Crippen molar-refractivity contribution in [3.05, 3.63) is 28.2 Å². The van der Waals surface area contributed by atoms with E-state index in [4.69, 9.17) is 0 Å². The Bertz CT molecular complexity index is 511. The van der Waals surface area contributed by atoms with Gasteiger partial charge < -0.3 is 10.1 Å². The summed E-state index contributed by atoms with van der Waals surface area (Å²) >= 11 is 3.37. The van der Waals surface area contributed by atoms with Crippen LogP contribution in [0.2, 0.25) is 0 Å². The van der Waals surface area contributed by atoms with Gasteiger partial charge in [0.1, 0.15) is 5.75 Å². The minimum absolute atomic E-state index is 0. The van der Waals surface area contributed by atoms with Crippen molar-refractivity contribution in [3.63, 3.8) is 0 Å². The van der Waals surface area contributed by atoms with Gasteiger partial charge in [0, 0.05) is 42.3 Å². The Labute approximate surface area is 155 Å². The van der Waals surface area contributed by atoms with Crippen LogP contribution in [0.1, 0.15) is 37.8 Å². The number of hydrogen-bond acceptors (Lipinski definition) is 3. The molecule has 3 nitrogen and oxygen atoms in total. The molecule has 0 radical (unpaired) electrons. The van der Waals surface area contributed by atoms with Crippen LogP contribution in [0.5, 0.6) is 5.75 Å². The van der Waals surface area contributed by atoms with Crippen LogP contribution < -0.4 is 10.1 Å². The Hall–Kier alpha value is -0.500. The number of nitrogens with zero attached hydrogens (tertiary/aromatic N) is 1. The minimum Gasteiger partial charge on any atom is -0.405 e. The molecular weight excluding hydrogens is 409 g/mol. The molecule has 1 N–H and O–H groups in total. The van der Waals surface area contributed by atoms with Crippen molar-refractivity contribution in [2.75, 3.05) is 26.2 Å². The number of ether oxygens (including phenoxy) is 1. The first-order chi connectivity index (χ1) is 10.9. The van der Waals surface area contributed by atoms with Crippen LogP contribution >= 0.6 is 28.3 Å². The highest BCUT2D eigenvalue weighted by Crippen LogP contribution is 2.37. The Morgan fingerprint density at radius 2 is 1.96 bits per heavy atom. The van der Waals surface area contributed by atoms with E-state index in [0.29, 0.717) is 5.56 Å². The standard InChI is InChI=1S/C16H22BrF3N2O.ClH/c1-2-3-4-14(22-9-7-21-8-10-22)13-11-12(17)5-6-15(13)23-16(18,19)20;/h5-6,11,14,21H,2-4,7-10H2,1H3;1H/t14-;/m1./s1. The van der Waals surface area contributed by atoms with Gasteiger partial charge in [0.15, 0.2) is 0 Å². The van der Waals surface area contributed by atoms with Gasteiger partial charge >= 0.3 is 6.36 Å². The maximum absolute atomic E-state index is 12.7. The molecule has 1 heterocycles. The zero-order valence-corrected chi connectivity index (χ0v) is 15.9. The fraction of sp³-hybridized carbons (Fsp3) is 0.625. The number of alkyl halides is 3. The maximum Gasteiger partial charge on any atom is 0.573 e. The maximum atomic E-state index is 12.7. The second-order valence-corrected chi connectivity index (χ2v) is 6.59. The first-order valence-corrected chi connectivity index (χ1v) is 8.70. The molecule has 0 unspecified atom stereocenters. The van der Waals surface area contributed by atoms with E-state index in [0.717, 1.165) is 49.9 Å². The quantitative estimate of drug-likeness (QED) is 0.693. The highest BCUT2D eigenvalue weighted by atomic mass is 79.9. The van der Waals surface area contributed by atoms with Crippen molar-refractivity contribution < 1.29 is 17.9 Å². The fourth-order valence-electron chi connectivity index (χ4n) is 2.92. The lowest BCUT2D eigenvalue weighted by molar-refractivity contribution is -0.275. The molecule has 138 valence electrons. The second-order valence-electron chi connectivity index (χ2n) is 5.67. The van der Waals surface area contributed by atoms with Crippen LogP contribution in [-0.4, -0.2) is 37.4 Å². The molecular formula is C16H23BrClF3N2O. The van der Waals surface area contributed by atoms with Gasteiger partial charge in [0.05, 0.1) is 0 Å². The van der Waals surface area contributed by atoms with Crippen LogP contribution in [0.25, 0.3) is 0 Å². The summed E-state index contributed by atoms with van der Waals surface area (Å²) in [6.07, 6.45) is -1.89. The lowest BCUT2D eigenvalue weighted by Gasteiger charge is -2.36. The number of halogens is 5. The van der Waals surface area contributed by atoms with Gasteiger partial charge in [-0.05, 0) is 24.6 Å². The van der Waals surface area contributed by atoms with Gasteiger partial charge in [-0.2, -0.15) is 0 Å². The van der Waals surface area contributed by atoms with E-state index in [-0.39, 0.29) is 24.2 Å². The summed E-state index contributed by atoms with van der Waals surface area (Å²) in [4.78, 5) is 2.25. The summed E-state index contributed by atoms with van der Waals surface area (Å²) in [7, 11) is 0. The van der Waals surface area contributed by atoms with E-state index >= 15 is 0 Å². The molecule has 1 atom stereocenters. The molecule has 0 saturated carbocycles. The first-order valence-electron chi connectivity index (χ1n) is 7.90. The first kappa shape index (κ1) is 21.5. The van der Waals surface area contributed by atoms with Gasteiger partial charge in [-0.15, -0.1) is 25.6 Å². The molecule has 8 heteroatoms. The summed E-state index contributed by atoms with van der Waals surface area (Å²) in [6, 6.07) is 4.67. The molecule has 0 aliphatic carbocycles. The average molecular weight is 432 g/mol. The third-order valence-electron chi connectivity index (χ3n) is 3.98.